The van der Waals surface area contributed by atoms with E-state index in [0.29, 0.717) is 28.3 Å². The van der Waals surface area contributed by atoms with Gasteiger partial charge in [0.2, 0.25) is 5.82 Å². The van der Waals surface area contributed by atoms with Gasteiger partial charge in [0.1, 0.15) is 5.75 Å². The van der Waals surface area contributed by atoms with E-state index in [0.717, 1.165) is 11.1 Å². The molecule has 1 aromatic heterocycles. The van der Waals surface area contributed by atoms with Crippen LogP contribution in [-0.2, 0) is 0 Å². The van der Waals surface area contributed by atoms with Gasteiger partial charge in [-0.05, 0) is 42.3 Å². The van der Waals surface area contributed by atoms with Crippen molar-refractivity contribution >= 4 is 5.69 Å². The van der Waals surface area contributed by atoms with Crippen LogP contribution >= 0.6 is 0 Å². The molecule has 0 atom stereocenters. The van der Waals surface area contributed by atoms with Gasteiger partial charge in [-0.25, -0.2) is 0 Å². The maximum atomic E-state index is 11.7. The summed E-state index contributed by atoms with van der Waals surface area (Å²) in [5.74, 6) is 1.16. The number of methoxy groups -OCH3 is 1. The molecule has 3 aromatic carbocycles. The van der Waals surface area contributed by atoms with E-state index in [2.05, 4.69) is 10.1 Å². The maximum absolute atomic E-state index is 11.7. The summed E-state index contributed by atoms with van der Waals surface area (Å²) in [6, 6.07) is 19.8. The lowest BCUT2D eigenvalue weighted by molar-refractivity contribution is -0.384. The molecule has 0 aliphatic rings. The second-order valence-electron chi connectivity index (χ2n) is 6.43. The number of rotatable bonds is 5. The molecule has 7 heteroatoms. The highest BCUT2D eigenvalue weighted by molar-refractivity contribution is 5.79. The van der Waals surface area contributed by atoms with E-state index in [1.165, 1.54) is 6.07 Å². The summed E-state index contributed by atoms with van der Waals surface area (Å²) >= 11 is 0. The molecule has 0 saturated heterocycles. The molecule has 144 valence electrons. The lowest BCUT2D eigenvalue weighted by atomic mass is 9.97. The van der Waals surface area contributed by atoms with Gasteiger partial charge < -0.3 is 9.26 Å². The van der Waals surface area contributed by atoms with Crippen molar-refractivity contribution in [1.82, 2.24) is 10.1 Å². The van der Waals surface area contributed by atoms with Gasteiger partial charge in [-0.3, -0.25) is 10.1 Å². The number of aryl methyl sites for hydroxylation is 1. The molecule has 0 radical (unpaired) electrons. The van der Waals surface area contributed by atoms with Gasteiger partial charge in [0, 0.05) is 11.6 Å². The number of ether oxygens (including phenoxy) is 1. The number of benzene rings is 3. The Balaban J connectivity index is 1.77. The number of hydrogen-bond acceptors (Lipinski definition) is 6. The molecule has 0 bridgehead atoms. The lowest BCUT2D eigenvalue weighted by Gasteiger charge is -2.07. The summed E-state index contributed by atoms with van der Waals surface area (Å²) in [6.45, 7) is 1.92. The van der Waals surface area contributed by atoms with Gasteiger partial charge in [0.05, 0.1) is 23.2 Å². The van der Waals surface area contributed by atoms with Gasteiger partial charge in [-0.15, -0.1) is 0 Å². The van der Waals surface area contributed by atoms with Crippen LogP contribution in [0, 0.1) is 17.0 Å². The fourth-order valence-corrected chi connectivity index (χ4v) is 3.20. The van der Waals surface area contributed by atoms with E-state index in [9.17, 15) is 10.1 Å². The standard InChI is InChI=1S/C22H17N3O4/c1-14-7-3-4-8-16(14)17-12-11-15(13-19(17)25(26)27)22-23-21(24-29-22)18-9-5-6-10-20(18)28-2/h3-13H,1-2H3. The summed E-state index contributed by atoms with van der Waals surface area (Å²) in [5, 5.41) is 15.7. The number of para-hydroxylation sites is 1. The Hall–Kier alpha value is -4.00. The molecule has 1 heterocycles. The monoisotopic (exact) mass is 387 g/mol. The molecule has 0 unspecified atom stereocenters. The van der Waals surface area contributed by atoms with Crippen LogP contribution in [-0.4, -0.2) is 22.2 Å². The van der Waals surface area contributed by atoms with Gasteiger partial charge >= 0.3 is 0 Å². The first-order valence-corrected chi connectivity index (χ1v) is 8.90. The first-order chi connectivity index (χ1) is 14.1. The Labute approximate surface area is 166 Å². The summed E-state index contributed by atoms with van der Waals surface area (Å²) < 4.78 is 10.7. The molecule has 7 nitrogen and oxygen atoms in total. The Kier molecular flexibility index (Phi) is 4.78. The highest BCUT2D eigenvalue weighted by Gasteiger charge is 2.21. The minimum Gasteiger partial charge on any atom is -0.496 e. The van der Waals surface area contributed by atoms with Gasteiger partial charge in [-0.1, -0.05) is 41.6 Å². The van der Waals surface area contributed by atoms with Crippen LogP contribution in [0.1, 0.15) is 5.56 Å². The molecular weight excluding hydrogens is 370 g/mol. The fourth-order valence-electron chi connectivity index (χ4n) is 3.20. The second-order valence-corrected chi connectivity index (χ2v) is 6.43. The third kappa shape index (κ3) is 3.45. The first kappa shape index (κ1) is 18.4. The zero-order valence-electron chi connectivity index (χ0n) is 15.8. The van der Waals surface area contributed by atoms with Crippen molar-refractivity contribution in [1.29, 1.82) is 0 Å². The molecule has 29 heavy (non-hydrogen) atoms. The molecular formula is C22H17N3O4. The minimum atomic E-state index is -0.400. The number of nitro benzene ring substituents is 1. The molecule has 0 aliphatic carbocycles. The van der Waals surface area contributed by atoms with Crippen molar-refractivity contribution < 1.29 is 14.2 Å². The molecule has 0 aliphatic heterocycles. The highest BCUT2D eigenvalue weighted by atomic mass is 16.6. The van der Waals surface area contributed by atoms with Crippen molar-refractivity contribution in [2.24, 2.45) is 0 Å². The summed E-state index contributed by atoms with van der Waals surface area (Å²) in [4.78, 5) is 15.7. The topological polar surface area (TPSA) is 91.3 Å². The largest absolute Gasteiger partial charge is 0.496 e. The van der Waals surface area contributed by atoms with Gasteiger partial charge in [0.25, 0.3) is 11.6 Å². The number of nitro groups is 1. The smallest absolute Gasteiger partial charge is 0.277 e. The Bertz CT molecular complexity index is 1200. The molecule has 0 fully saturated rings. The van der Waals surface area contributed by atoms with Crippen molar-refractivity contribution in [2.75, 3.05) is 7.11 Å². The Morgan fingerprint density at radius 1 is 0.966 bits per heavy atom. The SMILES string of the molecule is COc1ccccc1-c1noc(-c2ccc(-c3ccccc3C)c([N+](=O)[O-])c2)n1. The molecule has 0 spiro atoms. The molecule has 4 aromatic rings. The normalized spacial score (nSPS) is 10.7. The summed E-state index contributed by atoms with van der Waals surface area (Å²) in [7, 11) is 1.56. The second kappa shape index (κ2) is 7.55. The van der Waals surface area contributed by atoms with Crippen LogP contribution in [0.3, 0.4) is 0 Å². The third-order valence-corrected chi connectivity index (χ3v) is 4.65. The minimum absolute atomic E-state index is 0.0196. The van der Waals surface area contributed by atoms with Crippen LogP contribution in [0.5, 0.6) is 5.75 Å². The quantitative estimate of drug-likeness (QED) is 0.341. The fraction of sp³-hybridized carbons (Fsp3) is 0.0909. The van der Waals surface area contributed by atoms with E-state index in [1.54, 1.807) is 25.3 Å². The lowest BCUT2D eigenvalue weighted by Crippen LogP contribution is -1.94. The van der Waals surface area contributed by atoms with Crippen molar-refractivity contribution in [3.63, 3.8) is 0 Å². The Morgan fingerprint density at radius 3 is 2.41 bits per heavy atom. The molecule has 0 N–H and O–H groups in total. The first-order valence-electron chi connectivity index (χ1n) is 8.90. The predicted octanol–water partition coefficient (Wildman–Crippen LogP) is 5.30. The predicted molar refractivity (Wildman–Crippen MR) is 109 cm³/mol. The average molecular weight is 387 g/mol. The molecule has 0 amide bonds. The van der Waals surface area contributed by atoms with Crippen LogP contribution < -0.4 is 4.74 Å². The highest BCUT2D eigenvalue weighted by Crippen LogP contribution is 2.36. The third-order valence-electron chi connectivity index (χ3n) is 4.65. The number of aromatic nitrogens is 2. The summed E-state index contributed by atoms with van der Waals surface area (Å²) in [6.07, 6.45) is 0. The van der Waals surface area contributed by atoms with Gasteiger partial charge in [-0.2, -0.15) is 4.98 Å². The van der Waals surface area contributed by atoms with Crippen LogP contribution in [0.15, 0.2) is 71.3 Å². The van der Waals surface area contributed by atoms with E-state index >= 15 is 0 Å². The zero-order valence-corrected chi connectivity index (χ0v) is 15.8. The van der Waals surface area contributed by atoms with E-state index in [4.69, 9.17) is 9.26 Å². The molecule has 0 saturated carbocycles. The average Bonchev–Trinajstić information content (AvgIpc) is 3.24. The van der Waals surface area contributed by atoms with Crippen LogP contribution in [0.25, 0.3) is 34.0 Å². The maximum Gasteiger partial charge on any atom is 0.277 e. The van der Waals surface area contributed by atoms with Crippen molar-refractivity contribution in [3.05, 3.63) is 82.4 Å². The Morgan fingerprint density at radius 2 is 1.69 bits per heavy atom. The number of hydrogen-bond donors (Lipinski definition) is 0. The molecule has 4 rings (SSSR count). The van der Waals surface area contributed by atoms with Crippen LogP contribution in [0.2, 0.25) is 0 Å². The van der Waals surface area contributed by atoms with Gasteiger partial charge in [0.15, 0.2) is 0 Å². The van der Waals surface area contributed by atoms with E-state index in [1.807, 2.05) is 49.4 Å². The zero-order chi connectivity index (χ0) is 20.4. The van der Waals surface area contributed by atoms with E-state index in [-0.39, 0.29) is 11.6 Å². The van der Waals surface area contributed by atoms with Crippen molar-refractivity contribution in [2.45, 2.75) is 6.92 Å². The summed E-state index contributed by atoms with van der Waals surface area (Å²) in [5.41, 5.74) is 3.44. The van der Waals surface area contributed by atoms with Crippen LogP contribution in [0.4, 0.5) is 5.69 Å². The number of nitrogens with zero attached hydrogens (tertiary/aromatic N) is 3. The van der Waals surface area contributed by atoms with E-state index < -0.39 is 4.92 Å². The van der Waals surface area contributed by atoms with Crippen molar-refractivity contribution in [3.8, 4) is 39.7 Å².